The first-order valence-electron chi connectivity index (χ1n) is 5.84. The number of benzene rings is 1. The Morgan fingerprint density at radius 2 is 1.78 bits per heavy atom. The van der Waals surface area contributed by atoms with Crippen LogP contribution in [0.5, 0.6) is 0 Å². The smallest absolute Gasteiger partial charge is 0.302 e. The van der Waals surface area contributed by atoms with E-state index in [1.54, 1.807) is 45.2 Å². The number of rotatable bonds is 6. The highest BCUT2D eigenvalue weighted by Crippen LogP contribution is 2.39. The molecule has 126 valence electrons. The molecule has 0 bridgehead atoms. The van der Waals surface area contributed by atoms with Crippen molar-refractivity contribution in [3.63, 3.8) is 0 Å². The summed E-state index contributed by atoms with van der Waals surface area (Å²) >= 11 is 9.08. The van der Waals surface area contributed by atoms with Gasteiger partial charge in [-0.05, 0) is 45.2 Å². The van der Waals surface area contributed by atoms with E-state index in [1.807, 2.05) is 0 Å². The summed E-state index contributed by atoms with van der Waals surface area (Å²) in [5.74, 6) is -1.83. The van der Waals surface area contributed by atoms with Crippen molar-refractivity contribution >= 4 is 74.3 Å². The maximum absolute atomic E-state index is 12.3. The number of nitrogens with zero attached hydrogens (tertiary/aromatic N) is 1. The summed E-state index contributed by atoms with van der Waals surface area (Å²) in [6.07, 6.45) is 0. The molecule has 0 aliphatic rings. The first-order valence-corrected chi connectivity index (χ1v) is 8.38. The Hall–Kier alpha value is -0.770. The molecule has 5 N–H and O–H groups in total. The lowest BCUT2D eigenvalue weighted by Gasteiger charge is -2.17. The molecule has 1 aromatic carbocycles. The summed E-state index contributed by atoms with van der Waals surface area (Å²) in [7, 11) is 0. The third-order valence-corrected chi connectivity index (χ3v) is 5.22. The molecule has 0 heterocycles. The number of primary amides is 1. The van der Waals surface area contributed by atoms with E-state index >= 15 is 0 Å². The molecule has 0 radical (unpaired) electrons. The Labute approximate surface area is 162 Å². The molecule has 1 rings (SSSR count). The van der Waals surface area contributed by atoms with Gasteiger partial charge in [-0.3, -0.25) is 19.7 Å². The van der Waals surface area contributed by atoms with Gasteiger partial charge >= 0.3 is 5.69 Å². The van der Waals surface area contributed by atoms with Crippen molar-refractivity contribution in [2.24, 2.45) is 5.73 Å². The molecule has 2 amide bonds. The van der Waals surface area contributed by atoms with Gasteiger partial charge < -0.3 is 21.3 Å². The molecule has 0 saturated carbocycles. The summed E-state index contributed by atoms with van der Waals surface area (Å²) in [4.78, 5) is 34.2. The lowest BCUT2D eigenvalue weighted by Crippen LogP contribution is -2.41. The van der Waals surface area contributed by atoms with Gasteiger partial charge in [0.15, 0.2) is 0 Å². The summed E-state index contributed by atoms with van der Waals surface area (Å²) in [6.45, 7) is -1.07. The van der Waals surface area contributed by atoms with Crippen molar-refractivity contribution in [2.75, 3.05) is 13.2 Å². The molecule has 0 aliphatic heterocycles. The van der Waals surface area contributed by atoms with Gasteiger partial charge in [0.1, 0.15) is 8.59 Å². The molecule has 0 atom stereocenters. The van der Waals surface area contributed by atoms with Crippen molar-refractivity contribution in [1.82, 2.24) is 5.32 Å². The minimum Gasteiger partial charge on any atom is -0.394 e. The fraction of sp³-hybridized carbons (Fsp3) is 0.273. The highest BCUT2D eigenvalue weighted by molar-refractivity contribution is 14.1. The Bertz CT molecular complexity index is 639. The number of carbonyl (C=O) groups is 2. The molecule has 0 saturated heterocycles. The molecule has 0 fully saturated rings. The van der Waals surface area contributed by atoms with E-state index in [-0.39, 0.29) is 18.3 Å². The Balaban J connectivity index is 3.62. The first-order chi connectivity index (χ1) is 10.7. The number of amides is 2. The monoisotopic (exact) mass is 569 g/mol. The minimum atomic E-state index is -1.02. The zero-order valence-electron chi connectivity index (χ0n) is 11.2. The van der Waals surface area contributed by atoms with Crippen LogP contribution in [0.1, 0.15) is 20.7 Å². The molecule has 12 heteroatoms. The van der Waals surface area contributed by atoms with Crippen molar-refractivity contribution in [2.45, 2.75) is 6.04 Å². The number of halogens is 3. The maximum atomic E-state index is 12.3. The van der Waals surface area contributed by atoms with Gasteiger partial charge in [0.25, 0.3) is 11.8 Å². The second-order valence-corrected chi connectivity index (χ2v) is 6.73. The fourth-order valence-corrected chi connectivity index (χ4v) is 4.85. The number of aliphatic hydroxyl groups is 2. The molecule has 1 aromatic rings. The van der Waals surface area contributed by atoms with Gasteiger partial charge in [-0.25, -0.2) is 0 Å². The second kappa shape index (κ2) is 8.36. The van der Waals surface area contributed by atoms with Gasteiger partial charge in [0.05, 0.1) is 35.3 Å². The maximum Gasteiger partial charge on any atom is 0.302 e. The van der Waals surface area contributed by atoms with Gasteiger partial charge in [-0.15, -0.1) is 0 Å². The van der Waals surface area contributed by atoms with E-state index in [0.29, 0.717) is 0 Å². The number of carbonyl (C=O) groups excluding carboxylic acids is 2. The van der Waals surface area contributed by atoms with E-state index in [9.17, 15) is 19.7 Å². The van der Waals surface area contributed by atoms with Crippen LogP contribution in [0.4, 0.5) is 5.69 Å². The van der Waals surface area contributed by atoms with E-state index < -0.39 is 46.7 Å². The number of hydrogen-bond acceptors (Lipinski definition) is 6. The second-order valence-electron chi connectivity index (χ2n) is 4.20. The van der Waals surface area contributed by atoms with Crippen molar-refractivity contribution in [3.05, 3.63) is 33.4 Å². The molecule has 23 heavy (non-hydrogen) atoms. The highest BCUT2D eigenvalue weighted by atomic mass is 127. The number of hydrogen-bond donors (Lipinski definition) is 4. The number of aliphatic hydroxyl groups excluding tert-OH is 2. The van der Waals surface area contributed by atoms with Gasteiger partial charge in [0.2, 0.25) is 0 Å². The minimum absolute atomic E-state index is 0.0437. The van der Waals surface area contributed by atoms with Crippen LogP contribution < -0.4 is 11.1 Å². The SMILES string of the molecule is NC(=O)c1c(Cl)c([N+](=O)[O-])c(I)c(C(=O)NC(CO)CO)c1I. The molecule has 9 nitrogen and oxygen atoms in total. The third-order valence-electron chi connectivity index (χ3n) is 2.73. The van der Waals surface area contributed by atoms with Gasteiger partial charge in [-0.1, -0.05) is 11.6 Å². The van der Waals surface area contributed by atoms with Crippen LogP contribution in [0.2, 0.25) is 5.02 Å². The summed E-state index contributed by atoms with van der Waals surface area (Å²) in [6, 6.07) is -0.958. The van der Waals surface area contributed by atoms with Crippen molar-refractivity contribution in [3.8, 4) is 0 Å². The highest BCUT2D eigenvalue weighted by Gasteiger charge is 2.33. The standard InChI is InChI=1S/C11H10ClI2N3O6/c12-6-4(10(15)20)7(13)5(8(14)9(6)17(22)23)11(21)16-3(1-18)2-19/h3,18-19H,1-2H2,(H2,15,20)(H,16,21). The zero-order chi connectivity index (χ0) is 17.9. The largest absolute Gasteiger partial charge is 0.394 e. The average Bonchev–Trinajstić information content (AvgIpc) is 2.43. The lowest BCUT2D eigenvalue weighted by atomic mass is 10.1. The van der Waals surface area contributed by atoms with E-state index in [2.05, 4.69) is 5.32 Å². The third kappa shape index (κ3) is 4.20. The Morgan fingerprint density at radius 1 is 1.26 bits per heavy atom. The Kier molecular flexibility index (Phi) is 7.37. The van der Waals surface area contributed by atoms with Gasteiger partial charge in [-0.2, -0.15) is 0 Å². The normalized spacial score (nSPS) is 10.7. The van der Waals surface area contributed by atoms with Gasteiger partial charge in [0, 0.05) is 3.57 Å². The average molecular weight is 569 g/mol. The van der Waals surface area contributed by atoms with Crippen LogP contribution >= 0.6 is 56.8 Å². The first kappa shape index (κ1) is 20.3. The van der Waals surface area contributed by atoms with Crippen LogP contribution in [0, 0.1) is 17.3 Å². The Morgan fingerprint density at radius 3 is 2.17 bits per heavy atom. The number of nitro groups is 1. The quantitative estimate of drug-likeness (QED) is 0.224. The lowest BCUT2D eigenvalue weighted by molar-refractivity contribution is -0.385. The van der Waals surface area contributed by atoms with Crippen molar-refractivity contribution < 1.29 is 24.7 Å². The number of nitrogens with one attached hydrogen (secondary N) is 1. The number of nitrogens with two attached hydrogens (primary N) is 1. The predicted octanol–water partition coefficient (Wildman–Crippen LogP) is 0.639. The summed E-state index contributed by atoms with van der Waals surface area (Å²) < 4.78 is -0.0404. The molecule has 0 spiro atoms. The zero-order valence-corrected chi connectivity index (χ0v) is 16.2. The summed E-state index contributed by atoms with van der Waals surface area (Å²) in [5.41, 5.74) is 4.06. The van der Waals surface area contributed by atoms with E-state index in [1.165, 1.54) is 0 Å². The van der Waals surface area contributed by atoms with Crippen LogP contribution in [-0.2, 0) is 0 Å². The molecule has 0 unspecified atom stereocenters. The van der Waals surface area contributed by atoms with Crippen LogP contribution in [0.25, 0.3) is 0 Å². The molecular formula is C11H10ClI2N3O6. The molecule has 0 aromatic heterocycles. The molecule has 0 aliphatic carbocycles. The molecular weight excluding hydrogens is 559 g/mol. The topological polar surface area (TPSA) is 156 Å². The summed E-state index contributed by atoms with van der Waals surface area (Å²) in [5, 5.41) is 31.1. The number of nitro benzene ring substituents is 1. The van der Waals surface area contributed by atoms with E-state index in [4.69, 9.17) is 27.5 Å². The predicted molar refractivity (Wildman–Crippen MR) is 97.5 cm³/mol. The van der Waals surface area contributed by atoms with Crippen LogP contribution in [-0.4, -0.2) is 46.2 Å². The van der Waals surface area contributed by atoms with Crippen LogP contribution in [0.15, 0.2) is 0 Å². The van der Waals surface area contributed by atoms with Crippen LogP contribution in [0.3, 0.4) is 0 Å². The fourth-order valence-electron chi connectivity index (χ4n) is 1.63. The van der Waals surface area contributed by atoms with Crippen molar-refractivity contribution in [1.29, 1.82) is 0 Å². The van der Waals surface area contributed by atoms with E-state index in [0.717, 1.165) is 0 Å².